The van der Waals surface area contributed by atoms with Crippen LogP contribution in [0.5, 0.6) is 0 Å². The molecule has 0 saturated heterocycles. The van der Waals surface area contributed by atoms with Crippen molar-refractivity contribution in [3.05, 3.63) is 35.9 Å². The number of nitrogens with zero attached hydrogens (tertiary/aromatic N) is 1. The summed E-state index contributed by atoms with van der Waals surface area (Å²) in [6, 6.07) is 11.0. The lowest BCUT2D eigenvalue weighted by atomic mass is 10.1. The summed E-state index contributed by atoms with van der Waals surface area (Å²) >= 11 is 0. The minimum Gasteiger partial charge on any atom is -0.305 e. The third-order valence-corrected chi connectivity index (χ3v) is 2.23. The van der Waals surface area contributed by atoms with Gasteiger partial charge < -0.3 is 5.43 Å². The van der Waals surface area contributed by atoms with Gasteiger partial charge in [-0.25, -0.2) is 10.4 Å². The molecule has 3 rings (SSSR count). The molecule has 2 aromatic rings. The highest BCUT2D eigenvalue weighted by molar-refractivity contribution is 5.81. The number of nitrogens with one attached hydrogen (secondary N) is 2. The minimum absolute atomic E-state index is 0.844. The predicted molar refractivity (Wildman–Crippen MR) is 51.0 cm³/mol. The molecule has 1 aliphatic heterocycles. The fourth-order valence-corrected chi connectivity index (χ4v) is 1.57. The molecule has 1 radical (unpaired) electrons. The van der Waals surface area contributed by atoms with E-state index in [4.69, 9.17) is 0 Å². The molecule has 3 nitrogen and oxygen atoms in total. The highest BCUT2D eigenvalue weighted by Gasteiger charge is 2.11. The first-order valence-corrected chi connectivity index (χ1v) is 4.22. The van der Waals surface area contributed by atoms with Crippen LogP contribution in [0, 0.1) is 6.07 Å². The Balaban J connectivity index is 2.36. The standard InChI is InChI=1S/C10H8N3/c1-2-4-9-7(3-1)5-8-6-11-13-10(8)12-9/h1,3-5,11H,6H2,(H,12,13). The van der Waals surface area contributed by atoms with Gasteiger partial charge in [-0.3, -0.25) is 0 Å². The highest BCUT2D eigenvalue weighted by atomic mass is 15.4. The molecule has 1 aliphatic rings. The number of pyridine rings is 1. The van der Waals surface area contributed by atoms with E-state index in [9.17, 15) is 0 Å². The van der Waals surface area contributed by atoms with Crippen LogP contribution in [0.1, 0.15) is 5.56 Å². The predicted octanol–water partition coefficient (Wildman–Crippen LogP) is 1.47. The Hall–Kier alpha value is -1.61. The van der Waals surface area contributed by atoms with E-state index in [1.807, 2.05) is 18.2 Å². The van der Waals surface area contributed by atoms with Gasteiger partial charge in [0.15, 0.2) is 0 Å². The summed E-state index contributed by atoms with van der Waals surface area (Å²) in [5.74, 6) is 0.937. The summed E-state index contributed by atoms with van der Waals surface area (Å²) in [6.45, 7) is 0.844. The Bertz CT molecular complexity index is 422. The van der Waals surface area contributed by atoms with E-state index in [0.717, 1.165) is 17.9 Å². The van der Waals surface area contributed by atoms with Crippen LogP contribution in [0.2, 0.25) is 0 Å². The Kier molecular flexibility index (Phi) is 1.29. The van der Waals surface area contributed by atoms with Crippen LogP contribution in [0.15, 0.2) is 24.3 Å². The zero-order chi connectivity index (χ0) is 8.67. The average Bonchev–Trinajstić information content (AvgIpc) is 2.61. The molecule has 0 aliphatic carbocycles. The van der Waals surface area contributed by atoms with E-state index in [2.05, 4.69) is 28.0 Å². The first-order chi connectivity index (χ1) is 6.43. The molecule has 0 bridgehead atoms. The van der Waals surface area contributed by atoms with Crippen molar-refractivity contribution >= 4 is 16.7 Å². The largest absolute Gasteiger partial charge is 0.305 e. The van der Waals surface area contributed by atoms with Gasteiger partial charge >= 0.3 is 0 Å². The molecule has 2 heterocycles. The quantitative estimate of drug-likeness (QED) is 0.628. The zero-order valence-corrected chi connectivity index (χ0v) is 6.96. The number of benzene rings is 1. The number of hydrazine groups is 1. The molecular weight excluding hydrogens is 162 g/mol. The third kappa shape index (κ3) is 0.975. The Morgan fingerprint density at radius 2 is 2.46 bits per heavy atom. The molecule has 63 valence electrons. The van der Waals surface area contributed by atoms with Crippen molar-refractivity contribution in [3.8, 4) is 0 Å². The Morgan fingerprint density at radius 3 is 3.46 bits per heavy atom. The summed E-state index contributed by atoms with van der Waals surface area (Å²) in [7, 11) is 0. The second-order valence-electron chi connectivity index (χ2n) is 3.09. The fourth-order valence-electron chi connectivity index (χ4n) is 1.57. The number of hydrogen-bond donors (Lipinski definition) is 2. The van der Waals surface area contributed by atoms with Gasteiger partial charge in [0.25, 0.3) is 0 Å². The molecule has 0 atom stereocenters. The minimum atomic E-state index is 0.844. The maximum atomic E-state index is 4.45. The Morgan fingerprint density at radius 1 is 1.46 bits per heavy atom. The van der Waals surface area contributed by atoms with Crippen LogP contribution in [0.25, 0.3) is 10.9 Å². The molecule has 1 aromatic carbocycles. The van der Waals surface area contributed by atoms with Crippen molar-refractivity contribution in [2.45, 2.75) is 6.54 Å². The van der Waals surface area contributed by atoms with Crippen LogP contribution < -0.4 is 10.9 Å². The lowest BCUT2D eigenvalue weighted by Gasteiger charge is -2.00. The van der Waals surface area contributed by atoms with Gasteiger partial charge in [-0.15, -0.1) is 0 Å². The van der Waals surface area contributed by atoms with Gasteiger partial charge in [0.05, 0.1) is 5.52 Å². The lowest BCUT2D eigenvalue weighted by molar-refractivity contribution is 0.859. The number of rotatable bonds is 0. The van der Waals surface area contributed by atoms with Gasteiger partial charge in [0, 0.05) is 17.5 Å². The fraction of sp³-hybridized carbons (Fsp3) is 0.100. The highest BCUT2D eigenvalue weighted by Crippen LogP contribution is 2.22. The molecule has 2 N–H and O–H groups in total. The van der Waals surface area contributed by atoms with Crippen LogP contribution in [0.4, 0.5) is 5.82 Å². The van der Waals surface area contributed by atoms with Gasteiger partial charge in [-0.05, 0) is 18.2 Å². The van der Waals surface area contributed by atoms with Crippen LogP contribution >= 0.6 is 0 Å². The molecule has 0 amide bonds. The van der Waals surface area contributed by atoms with E-state index in [1.54, 1.807) is 0 Å². The maximum Gasteiger partial charge on any atom is 0.145 e. The topological polar surface area (TPSA) is 37.0 Å². The number of aromatic nitrogens is 1. The molecule has 3 heteroatoms. The first kappa shape index (κ1) is 6.86. The first-order valence-electron chi connectivity index (χ1n) is 4.22. The van der Waals surface area contributed by atoms with Crippen LogP contribution in [-0.4, -0.2) is 4.98 Å². The van der Waals surface area contributed by atoms with Crippen LogP contribution in [0.3, 0.4) is 0 Å². The van der Waals surface area contributed by atoms with Gasteiger partial charge in [0.1, 0.15) is 5.82 Å². The maximum absolute atomic E-state index is 4.45. The monoisotopic (exact) mass is 170 g/mol. The molecule has 13 heavy (non-hydrogen) atoms. The number of hydrogen-bond acceptors (Lipinski definition) is 3. The molecule has 0 unspecified atom stereocenters. The Labute approximate surface area is 75.8 Å². The van der Waals surface area contributed by atoms with Crippen molar-refractivity contribution in [3.63, 3.8) is 0 Å². The van der Waals surface area contributed by atoms with Crippen molar-refractivity contribution < 1.29 is 0 Å². The SMILES string of the molecule is [c]1ccc2cc3c(nc2c1)NNC3. The van der Waals surface area contributed by atoms with E-state index < -0.39 is 0 Å². The molecule has 0 spiro atoms. The second kappa shape index (κ2) is 2.44. The molecule has 1 aromatic heterocycles. The summed E-state index contributed by atoms with van der Waals surface area (Å²) in [4.78, 5) is 4.45. The van der Waals surface area contributed by atoms with E-state index in [0.29, 0.717) is 0 Å². The van der Waals surface area contributed by atoms with E-state index >= 15 is 0 Å². The molecule has 0 fully saturated rings. The number of anilines is 1. The molecular formula is C10H8N3. The smallest absolute Gasteiger partial charge is 0.145 e. The third-order valence-electron chi connectivity index (χ3n) is 2.23. The summed E-state index contributed by atoms with van der Waals surface area (Å²) in [6.07, 6.45) is 0. The van der Waals surface area contributed by atoms with Gasteiger partial charge in [0.2, 0.25) is 0 Å². The van der Waals surface area contributed by atoms with Crippen molar-refractivity contribution in [1.82, 2.24) is 10.4 Å². The summed E-state index contributed by atoms with van der Waals surface area (Å²) in [5, 5.41) is 1.17. The van der Waals surface area contributed by atoms with Crippen LogP contribution in [-0.2, 0) is 6.54 Å². The normalized spacial score (nSPS) is 14.2. The van der Waals surface area contributed by atoms with E-state index in [1.165, 1.54) is 10.9 Å². The van der Waals surface area contributed by atoms with Gasteiger partial charge in [-0.1, -0.05) is 12.1 Å². The number of fused-ring (bicyclic) bond motifs is 2. The van der Waals surface area contributed by atoms with Gasteiger partial charge in [-0.2, -0.15) is 0 Å². The second-order valence-corrected chi connectivity index (χ2v) is 3.09. The van der Waals surface area contributed by atoms with E-state index in [-0.39, 0.29) is 0 Å². The van der Waals surface area contributed by atoms with Crippen molar-refractivity contribution in [1.29, 1.82) is 0 Å². The van der Waals surface area contributed by atoms with Crippen molar-refractivity contribution in [2.24, 2.45) is 0 Å². The average molecular weight is 170 g/mol. The summed E-state index contributed by atoms with van der Waals surface area (Å²) in [5.41, 5.74) is 8.26. The summed E-state index contributed by atoms with van der Waals surface area (Å²) < 4.78 is 0. The molecule has 0 saturated carbocycles. The van der Waals surface area contributed by atoms with Crippen molar-refractivity contribution in [2.75, 3.05) is 5.43 Å². The zero-order valence-electron chi connectivity index (χ0n) is 6.96. The lowest BCUT2D eigenvalue weighted by Crippen LogP contribution is -2.11.